The molecule has 0 spiro atoms. The number of nitrogens with one attached hydrogen (secondary N) is 3. The van der Waals surface area contributed by atoms with Gasteiger partial charge in [-0.1, -0.05) is 13.3 Å². The first-order chi connectivity index (χ1) is 11.0. The van der Waals surface area contributed by atoms with E-state index >= 15 is 0 Å². The summed E-state index contributed by atoms with van der Waals surface area (Å²) in [6, 6.07) is 7.14. The number of fused-ring (bicyclic) bond motifs is 1. The summed E-state index contributed by atoms with van der Waals surface area (Å²) >= 11 is 0. The van der Waals surface area contributed by atoms with Crippen LogP contribution >= 0.6 is 0 Å². The average molecular weight is 315 g/mol. The van der Waals surface area contributed by atoms with Crippen LogP contribution in [0.15, 0.2) is 30.5 Å². The third-order valence-corrected chi connectivity index (χ3v) is 4.77. The Morgan fingerprint density at radius 3 is 2.96 bits per heavy atom. The number of aliphatic hydroxyl groups is 1. The largest absolute Gasteiger partial charge is 0.396 e. The summed E-state index contributed by atoms with van der Waals surface area (Å²) in [5.74, 6) is -1.35. The Morgan fingerprint density at radius 1 is 1.35 bits per heavy atom. The summed E-state index contributed by atoms with van der Waals surface area (Å²) in [5.41, 5.74) is 1.20. The van der Waals surface area contributed by atoms with E-state index in [1.54, 1.807) is 6.07 Å². The summed E-state index contributed by atoms with van der Waals surface area (Å²) in [7, 11) is 0. The lowest BCUT2D eigenvalue weighted by Crippen LogP contribution is -2.48. The van der Waals surface area contributed by atoms with Crippen molar-refractivity contribution in [3.8, 4) is 0 Å². The molecule has 122 valence electrons. The lowest BCUT2D eigenvalue weighted by atomic mass is 9.86. The molecule has 23 heavy (non-hydrogen) atoms. The zero-order valence-electron chi connectivity index (χ0n) is 13.1. The fraction of sp³-hybridized carbons (Fsp3) is 0.412. The van der Waals surface area contributed by atoms with Crippen molar-refractivity contribution in [3.05, 3.63) is 30.5 Å². The van der Waals surface area contributed by atoms with Gasteiger partial charge in [0.1, 0.15) is 0 Å². The Labute approximate surface area is 134 Å². The second kappa shape index (κ2) is 6.04. The lowest BCUT2D eigenvalue weighted by Gasteiger charge is -2.29. The molecular weight excluding hydrogens is 294 g/mol. The number of anilines is 1. The minimum Gasteiger partial charge on any atom is -0.396 e. The van der Waals surface area contributed by atoms with Gasteiger partial charge in [0, 0.05) is 34.2 Å². The summed E-state index contributed by atoms with van der Waals surface area (Å²) in [4.78, 5) is 27.3. The van der Waals surface area contributed by atoms with Crippen LogP contribution in [0.2, 0.25) is 0 Å². The minimum atomic E-state index is -0.688. The standard InChI is InChI=1S/C17H21N3O3/c1-17(10-21)7-2-3-14(17)20-16(23)15(22)19-12-4-5-13-11(9-12)6-8-18-13/h4-6,8-9,14,18,21H,2-3,7,10H2,1H3,(H,19,22)(H,20,23). The van der Waals surface area contributed by atoms with Gasteiger partial charge in [-0.25, -0.2) is 0 Å². The van der Waals surface area contributed by atoms with E-state index in [9.17, 15) is 14.7 Å². The van der Waals surface area contributed by atoms with Gasteiger partial charge >= 0.3 is 11.8 Å². The molecule has 2 amide bonds. The molecule has 1 saturated carbocycles. The number of H-pyrrole nitrogens is 1. The van der Waals surface area contributed by atoms with Crippen LogP contribution in [0.3, 0.4) is 0 Å². The highest BCUT2D eigenvalue weighted by Crippen LogP contribution is 2.37. The molecule has 0 bridgehead atoms. The Hall–Kier alpha value is -2.34. The highest BCUT2D eigenvalue weighted by atomic mass is 16.3. The molecule has 1 aromatic heterocycles. The van der Waals surface area contributed by atoms with E-state index < -0.39 is 11.8 Å². The monoisotopic (exact) mass is 315 g/mol. The molecule has 2 atom stereocenters. The number of carbonyl (C=O) groups excluding carboxylic acids is 2. The summed E-state index contributed by atoms with van der Waals surface area (Å²) in [5, 5.41) is 15.8. The molecule has 6 heteroatoms. The molecule has 3 rings (SSSR count). The van der Waals surface area contributed by atoms with E-state index in [2.05, 4.69) is 15.6 Å². The molecule has 1 aliphatic rings. The van der Waals surface area contributed by atoms with Gasteiger partial charge < -0.3 is 20.7 Å². The Kier molecular flexibility index (Phi) is 4.09. The average Bonchev–Trinajstić information content (AvgIpc) is 3.14. The summed E-state index contributed by atoms with van der Waals surface area (Å²) in [6.45, 7) is 1.94. The highest BCUT2D eigenvalue weighted by Gasteiger charge is 2.39. The van der Waals surface area contributed by atoms with Crippen molar-refractivity contribution in [2.24, 2.45) is 5.41 Å². The van der Waals surface area contributed by atoms with E-state index in [0.717, 1.165) is 30.2 Å². The van der Waals surface area contributed by atoms with E-state index in [1.165, 1.54) is 0 Å². The molecule has 1 fully saturated rings. The molecular formula is C17H21N3O3. The highest BCUT2D eigenvalue weighted by molar-refractivity contribution is 6.39. The van der Waals surface area contributed by atoms with Crippen molar-refractivity contribution in [3.63, 3.8) is 0 Å². The van der Waals surface area contributed by atoms with E-state index in [0.29, 0.717) is 5.69 Å². The number of hydrogen-bond donors (Lipinski definition) is 4. The van der Waals surface area contributed by atoms with Crippen LogP contribution in [0, 0.1) is 5.41 Å². The molecule has 1 aliphatic carbocycles. The third-order valence-electron chi connectivity index (χ3n) is 4.77. The summed E-state index contributed by atoms with van der Waals surface area (Å²) in [6.07, 6.45) is 4.39. The van der Waals surface area contributed by atoms with Crippen molar-refractivity contribution in [2.45, 2.75) is 32.2 Å². The molecule has 0 radical (unpaired) electrons. The SMILES string of the molecule is CC1(CO)CCCC1NC(=O)C(=O)Nc1ccc2[nH]ccc2c1. The predicted molar refractivity (Wildman–Crippen MR) is 87.9 cm³/mol. The molecule has 2 aromatic rings. The quantitative estimate of drug-likeness (QED) is 0.650. The number of carbonyl (C=O) groups is 2. The van der Waals surface area contributed by atoms with Crippen molar-refractivity contribution in [1.29, 1.82) is 0 Å². The second-order valence-electron chi connectivity index (χ2n) is 6.46. The van der Waals surface area contributed by atoms with Crippen molar-refractivity contribution in [1.82, 2.24) is 10.3 Å². The van der Waals surface area contributed by atoms with Gasteiger partial charge in [0.2, 0.25) is 0 Å². The van der Waals surface area contributed by atoms with Gasteiger partial charge in [-0.05, 0) is 37.1 Å². The van der Waals surface area contributed by atoms with Gasteiger partial charge in [-0.15, -0.1) is 0 Å². The van der Waals surface area contributed by atoms with Gasteiger partial charge in [0.05, 0.1) is 6.61 Å². The minimum absolute atomic E-state index is 0.00369. The van der Waals surface area contributed by atoms with Gasteiger partial charge in [0.15, 0.2) is 0 Å². The third kappa shape index (κ3) is 3.07. The van der Waals surface area contributed by atoms with Gasteiger partial charge in [0.25, 0.3) is 0 Å². The van der Waals surface area contributed by atoms with Crippen LogP contribution in [0.4, 0.5) is 5.69 Å². The maximum atomic E-state index is 12.1. The van der Waals surface area contributed by atoms with Crippen LogP contribution in [-0.4, -0.2) is 34.6 Å². The fourth-order valence-electron chi connectivity index (χ4n) is 3.21. The maximum absolute atomic E-state index is 12.1. The van der Waals surface area contributed by atoms with Crippen molar-refractivity contribution >= 4 is 28.4 Å². The van der Waals surface area contributed by atoms with Crippen LogP contribution in [0.25, 0.3) is 10.9 Å². The van der Waals surface area contributed by atoms with Crippen LogP contribution < -0.4 is 10.6 Å². The Bertz CT molecular complexity index is 740. The first-order valence-corrected chi connectivity index (χ1v) is 7.82. The summed E-state index contributed by atoms with van der Waals surface area (Å²) < 4.78 is 0. The molecule has 0 aliphatic heterocycles. The number of benzene rings is 1. The van der Waals surface area contributed by atoms with Crippen molar-refractivity contribution < 1.29 is 14.7 Å². The topological polar surface area (TPSA) is 94.2 Å². The van der Waals surface area contributed by atoms with Gasteiger partial charge in [-0.3, -0.25) is 9.59 Å². The normalized spacial score (nSPS) is 23.8. The first-order valence-electron chi connectivity index (χ1n) is 7.82. The van der Waals surface area contributed by atoms with Crippen molar-refractivity contribution in [2.75, 3.05) is 11.9 Å². The second-order valence-corrected chi connectivity index (χ2v) is 6.46. The number of aromatic amines is 1. The molecule has 0 saturated heterocycles. The smallest absolute Gasteiger partial charge is 0.313 e. The lowest BCUT2D eigenvalue weighted by molar-refractivity contribution is -0.137. The fourth-order valence-corrected chi connectivity index (χ4v) is 3.21. The zero-order chi connectivity index (χ0) is 16.4. The van der Waals surface area contributed by atoms with E-state index in [-0.39, 0.29) is 18.1 Å². The zero-order valence-corrected chi connectivity index (χ0v) is 13.1. The molecule has 6 nitrogen and oxygen atoms in total. The van der Waals surface area contributed by atoms with Crippen LogP contribution in [0.5, 0.6) is 0 Å². The Balaban J connectivity index is 1.64. The predicted octanol–water partition coefficient (Wildman–Crippen LogP) is 1.77. The first kappa shape index (κ1) is 15.6. The van der Waals surface area contributed by atoms with Crippen LogP contribution in [-0.2, 0) is 9.59 Å². The number of hydrogen-bond acceptors (Lipinski definition) is 3. The van der Waals surface area contributed by atoms with Gasteiger partial charge in [-0.2, -0.15) is 0 Å². The number of rotatable bonds is 3. The van der Waals surface area contributed by atoms with E-state index in [1.807, 2.05) is 31.3 Å². The molecule has 4 N–H and O–H groups in total. The maximum Gasteiger partial charge on any atom is 0.313 e. The number of aromatic nitrogens is 1. The Morgan fingerprint density at radius 2 is 2.17 bits per heavy atom. The molecule has 1 heterocycles. The number of amides is 2. The molecule has 1 aromatic carbocycles. The van der Waals surface area contributed by atoms with Crippen LogP contribution in [0.1, 0.15) is 26.2 Å². The number of aliphatic hydroxyl groups excluding tert-OH is 1. The molecule has 2 unspecified atom stereocenters. The van der Waals surface area contributed by atoms with E-state index in [4.69, 9.17) is 0 Å².